The van der Waals surface area contributed by atoms with Gasteiger partial charge in [-0.1, -0.05) is 42.5 Å². The Balaban J connectivity index is 1.74. The zero-order chi connectivity index (χ0) is 15.2. The van der Waals surface area contributed by atoms with Crippen LogP contribution in [-0.2, 0) is 4.79 Å². The van der Waals surface area contributed by atoms with Gasteiger partial charge in [0.15, 0.2) is 0 Å². The highest BCUT2D eigenvalue weighted by atomic mass is 16.2. The average Bonchev–Trinajstić information content (AvgIpc) is 3.11. The van der Waals surface area contributed by atoms with Gasteiger partial charge in [-0.3, -0.25) is 9.69 Å². The van der Waals surface area contributed by atoms with Crippen LogP contribution in [0.1, 0.15) is 18.4 Å². The van der Waals surface area contributed by atoms with Crippen LogP contribution in [0.15, 0.2) is 36.4 Å². The molecule has 0 bridgehead atoms. The second-order valence-electron chi connectivity index (χ2n) is 6.03. The van der Waals surface area contributed by atoms with E-state index >= 15 is 0 Å². The molecule has 0 radical (unpaired) electrons. The van der Waals surface area contributed by atoms with E-state index in [0.29, 0.717) is 0 Å². The van der Waals surface area contributed by atoms with E-state index in [1.165, 1.54) is 12.8 Å². The van der Waals surface area contributed by atoms with Crippen molar-refractivity contribution in [3.8, 4) is 0 Å². The Morgan fingerprint density at radius 1 is 1.05 bits per heavy atom. The SMILES string of the molecule is O=C(C(/C=C\c1ccccc1)N1CCCC1)N1CCNCC1. The lowest BCUT2D eigenvalue weighted by Gasteiger charge is -2.33. The van der Waals surface area contributed by atoms with Gasteiger partial charge in [-0.25, -0.2) is 0 Å². The number of hydrogen-bond donors (Lipinski definition) is 1. The standard InChI is InChI=1S/C18H25N3O/c22-18(21-14-10-19-11-15-21)17(20-12-4-5-13-20)9-8-16-6-2-1-3-7-16/h1-3,6-9,17,19H,4-5,10-15H2/b9-8-. The van der Waals surface area contributed by atoms with Crippen molar-refractivity contribution in [3.05, 3.63) is 42.0 Å². The van der Waals surface area contributed by atoms with Gasteiger partial charge in [-0.15, -0.1) is 0 Å². The fourth-order valence-electron chi connectivity index (χ4n) is 3.22. The molecular formula is C18H25N3O. The third kappa shape index (κ3) is 3.76. The van der Waals surface area contributed by atoms with Crippen molar-refractivity contribution in [2.45, 2.75) is 18.9 Å². The van der Waals surface area contributed by atoms with Crippen molar-refractivity contribution in [2.24, 2.45) is 0 Å². The topological polar surface area (TPSA) is 35.6 Å². The van der Waals surface area contributed by atoms with Gasteiger partial charge < -0.3 is 10.2 Å². The minimum absolute atomic E-state index is 0.110. The molecule has 2 heterocycles. The molecule has 118 valence electrons. The van der Waals surface area contributed by atoms with E-state index in [2.05, 4.69) is 34.5 Å². The minimum Gasteiger partial charge on any atom is -0.339 e. The third-order valence-electron chi connectivity index (χ3n) is 4.49. The Bertz CT molecular complexity index is 502. The largest absolute Gasteiger partial charge is 0.339 e. The molecule has 1 aromatic carbocycles. The van der Waals surface area contributed by atoms with Crippen LogP contribution in [0.2, 0.25) is 0 Å². The maximum absolute atomic E-state index is 12.9. The molecule has 1 atom stereocenters. The zero-order valence-corrected chi connectivity index (χ0v) is 13.1. The van der Waals surface area contributed by atoms with E-state index in [0.717, 1.165) is 44.8 Å². The van der Waals surface area contributed by atoms with Gasteiger partial charge in [0.1, 0.15) is 6.04 Å². The van der Waals surface area contributed by atoms with Crippen LogP contribution >= 0.6 is 0 Å². The van der Waals surface area contributed by atoms with Crippen molar-refractivity contribution in [1.29, 1.82) is 0 Å². The van der Waals surface area contributed by atoms with Crippen molar-refractivity contribution < 1.29 is 4.79 Å². The van der Waals surface area contributed by atoms with E-state index in [4.69, 9.17) is 0 Å². The third-order valence-corrected chi connectivity index (χ3v) is 4.49. The number of amides is 1. The molecule has 1 amide bonds. The van der Waals surface area contributed by atoms with E-state index < -0.39 is 0 Å². The molecule has 4 heteroatoms. The number of hydrogen-bond acceptors (Lipinski definition) is 3. The highest BCUT2D eigenvalue weighted by Crippen LogP contribution is 2.16. The molecule has 0 aromatic heterocycles. The van der Waals surface area contributed by atoms with E-state index in [9.17, 15) is 4.79 Å². The lowest BCUT2D eigenvalue weighted by molar-refractivity contribution is -0.135. The number of nitrogens with zero attached hydrogens (tertiary/aromatic N) is 2. The molecular weight excluding hydrogens is 274 g/mol. The lowest BCUT2D eigenvalue weighted by atomic mass is 10.1. The van der Waals surface area contributed by atoms with Crippen LogP contribution in [-0.4, -0.2) is 61.0 Å². The number of piperazine rings is 1. The normalized spacial score (nSPS) is 21.4. The molecule has 2 aliphatic heterocycles. The van der Waals surface area contributed by atoms with Gasteiger partial charge in [-0.2, -0.15) is 0 Å². The monoisotopic (exact) mass is 299 g/mol. The van der Waals surface area contributed by atoms with Gasteiger partial charge in [0.25, 0.3) is 0 Å². The van der Waals surface area contributed by atoms with Crippen molar-refractivity contribution >= 4 is 12.0 Å². The number of likely N-dealkylation sites (tertiary alicyclic amines) is 1. The molecule has 22 heavy (non-hydrogen) atoms. The first-order chi connectivity index (χ1) is 10.8. The Labute approximate surface area is 132 Å². The van der Waals surface area contributed by atoms with Crippen LogP contribution in [0.4, 0.5) is 0 Å². The van der Waals surface area contributed by atoms with Gasteiger partial charge in [-0.05, 0) is 31.5 Å². The fourth-order valence-corrected chi connectivity index (χ4v) is 3.22. The summed E-state index contributed by atoms with van der Waals surface area (Å²) in [6.07, 6.45) is 6.57. The molecule has 4 nitrogen and oxygen atoms in total. The van der Waals surface area contributed by atoms with Crippen LogP contribution in [0, 0.1) is 0 Å². The molecule has 0 saturated carbocycles. The Hall–Kier alpha value is -1.65. The maximum Gasteiger partial charge on any atom is 0.244 e. The molecule has 2 fully saturated rings. The Morgan fingerprint density at radius 3 is 2.41 bits per heavy atom. The molecule has 1 aromatic rings. The van der Waals surface area contributed by atoms with Crippen LogP contribution in [0.3, 0.4) is 0 Å². The highest BCUT2D eigenvalue weighted by molar-refractivity contribution is 5.85. The van der Waals surface area contributed by atoms with E-state index in [1.807, 2.05) is 23.1 Å². The Morgan fingerprint density at radius 2 is 1.73 bits per heavy atom. The summed E-state index contributed by atoms with van der Waals surface area (Å²) in [4.78, 5) is 17.2. The molecule has 2 saturated heterocycles. The first-order valence-corrected chi connectivity index (χ1v) is 8.31. The van der Waals surface area contributed by atoms with E-state index in [1.54, 1.807) is 0 Å². The molecule has 3 rings (SSSR count). The first-order valence-electron chi connectivity index (χ1n) is 8.31. The summed E-state index contributed by atoms with van der Waals surface area (Å²) in [6.45, 7) is 5.51. The smallest absolute Gasteiger partial charge is 0.244 e. The van der Waals surface area contributed by atoms with Crippen LogP contribution in [0.25, 0.3) is 6.08 Å². The lowest BCUT2D eigenvalue weighted by Crippen LogP contribution is -2.53. The van der Waals surface area contributed by atoms with Gasteiger partial charge in [0, 0.05) is 26.2 Å². The van der Waals surface area contributed by atoms with Crippen molar-refractivity contribution in [3.63, 3.8) is 0 Å². The number of rotatable bonds is 4. The predicted octanol–water partition coefficient (Wildman–Crippen LogP) is 1.60. The summed E-state index contributed by atoms with van der Waals surface area (Å²) in [6, 6.07) is 10.1. The summed E-state index contributed by atoms with van der Waals surface area (Å²) in [5.41, 5.74) is 1.15. The summed E-state index contributed by atoms with van der Waals surface area (Å²) in [7, 11) is 0. The van der Waals surface area contributed by atoms with Crippen LogP contribution in [0.5, 0.6) is 0 Å². The second kappa shape index (κ2) is 7.56. The Kier molecular flexibility index (Phi) is 5.24. The molecule has 0 spiro atoms. The molecule has 2 aliphatic rings. The number of nitrogens with one attached hydrogen (secondary N) is 1. The van der Waals surface area contributed by atoms with Gasteiger partial charge in [0.05, 0.1) is 0 Å². The van der Waals surface area contributed by atoms with E-state index in [-0.39, 0.29) is 11.9 Å². The maximum atomic E-state index is 12.9. The van der Waals surface area contributed by atoms with Gasteiger partial charge >= 0.3 is 0 Å². The van der Waals surface area contributed by atoms with Crippen LogP contribution < -0.4 is 5.32 Å². The second-order valence-corrected chi connectivity index (χ2v) is 6.03. The summed E-state index contributed by atoms with van der Waals surface area (Å²) < 4.78 is 0. The van der Waals surface area contributed by atoms with Crippen molar-refractivity contribution in [1.82, 2.24) is 15.1 Å². The molecule has 1 unspecified atom stereocenters. The predicted molar refractivity (Wildman–Crippen MR) is 89.5 cm³/mol. The molecule has 0 aliphatic carbocycles. The summed E-state index contributed by atoms with van der Waals surface area (Å²) in [5, 5.41) is 3.31. The average molecular weight is 299 g/mol. The summed E-state index contributed by atoms with van der Waals surface area (Å²) in [5.74, 6) is 0.260. The summed E-state index contributed by atoms with van der Waals surface area (Å²) >= 11 is 0. The minimum atomic E-state index is -0.110. The number of benzene rings is 1. The number of carbonyl (C=O) groups excluding carboxylic acids is 1. The molecule has 1 N–H and O–H groups in total. The van der Waals surface area contributed by atoms with Gasteiger partial charge in [0.2, 0.25) is 5.91 Å². The zero-order valence-electron chi connectivity index (χ0n) is 13.1. The fraction of sp³-hybridized carbons (Fsp3) is 0.500. The highest BCUT2D eigenvalue weighted by Gasteiger charge is 2.30. The first kappa shape index (κ1) is 15.3. The quantitative estimate of drug-likeness (QED) is 0.917. The van der Waals surface area contributed by atoms with Crippen molar-refractivity contribution in [2.75, 3.05) is 39.3 Å². The number of carbonyl (C=O) groups is 1.